The first-order valence-electron chi connectivity index (χ1n) is 11.2. The number of sulfone groups is 1. The molecule has 0 spiro atoms. The highest BCUT2D eigenvalue weighted by Gasteiger charge is 2.49. The van der Waals surface area contributed by atoms with Gasteiger partial charge in [0.2, 0.25) is 0 Å². The molecular formula is C24H29Cl2NO6S2. The fourth-order valence-corrected chi connectivity index (χ4v) is 6.86. The van der Waals surface area contributed by atoms with Crippen molar-refractivity contribution in [1.29, 1.82) is 0 Å². The van der Waals surface area contributed by atoms with E-state index in [4.69, 9.17) is 27.9 Å². The summed E-state index contributed by atoms with van der Waals surface area (Å²) in [5.41, 5.74) is 0.647. The summed E-state index contributed by atoms with van der Waals surface area (Å²) in [5.74, 6) is -2.02. The maximum absolute atomic E-state index is 13.7. The summed E-state index contributed by atoms with van der Waals surface area (Å²) in [6, 6.07) is 8.99. The van der Waals surface area contributed by atoms with E-state index in [1.54, 1.807) is 57.2 Å². The fourth-order valence-electron chi connectivity index (χ4n) is 4.08. The summed E-state index contributed by atoms with van der Waals surface area (Å²) >= 11 is 13.7. The van der Waals surface area contributed by atoms with Crippen molar-refractivity contribution >= 4 is 56.3 Å². The van der Waals surface area contributed by atoms with Crippen LogP contribution in [0.25, 0.3) is 0 Å². The van der Waals surface area contributed by atoms with Crippen molar-refractivity contribution in [2.75, 3.05) is 5.75 Å². The summed E-state index contributed by atoms with van der Waals surface area (Å²) in [7, 11) is -3.61. The van der Waals surface area contributed by atoms with Crippen molar-refractivity contribution in [1.82, 2.24) is 4.90 Å². The SMILES string of the molecule is CC[C@@H](CS(=O)(=O)C(C)(C)C)N1C(=O)C(CC(=O)O)O[C@H](c2cccc(Cl)c2)[C@H]1c1ccc(Cl)s1. The van der Waals surface area contributed by atoms with Crippen LogP contribution in [0.4, 0.5) is 0 Å². The van der Waals surface area contributed by atoms with Crippen molar-refractivity contribution in [3.8, 4) is 0 Å². The Bertz CT molecular complexity index is 1190. The smallest absolute Gasteiger partial charge is 0.306 e. The van der Waals surface area contributed by atoms with E-state index in [0.29, 0.717) is 26.2 Å². The van der Waals surface area contributed by atoms with Gasteiger partial charge in [-0.2, -0.15) is 0 Å². The highest BCUT2D eigenvalue weighted by atomic mass is 35.5. The molecule has 1 amide bonds. The van der Waals surface area contributed by atoms with Gasteiger partial charge in [-0.25, -0.2) is 8.42 Å². The Morgan fingerprint density at radius 2 is 1.91 bits per heavy atom. The number of ether oxygens (including phenoxy) is 1. The normalized spacial score (nSPS) is 22.3. The molecule has 35 heavy (non-hydrogen) atoms. The first kappa shape index (κ1) is 27.9. The third-order valence-corrected chi connectivity index (χ3v) is 10.3. The molecule has 0 radical (unpaired) electrons. The average Bonchev–Trinajstić information content (AvgIpc) is 3.18. The van der Waals surface area contributed by atoms with Crippen molar-refractivity contribution in [2.24, 2.45) is 0 Å². The van der Waals surface area contributed by atoms with Gasteiger partial charge in [-0.15, -0.1) is 11.3 Å². The second-order valence-electron chi connectivity index (χ2n) is 9.49. The van der Waals surface area contributed by atoms with Crippen LogP contribution in [-0.2, 0) is 24.2 Å². The highest BCUT2D eigenvalue weighted by Crippen LogP contribution is 2.47. The lowest BCUT2D eigenvalue weighted by Gasteiger charge is -2.47. The number of hydrogen-bond donors (Lipinski definition) is 1. The molecule has 0 bridgehead atoms. The van der Waals surface area contributed by atoms with E-state index in [1.165, 1.54) is 16.2 Å². The number of amides is 1. The average molecular weight is 563 g/mol. The van der Waals surface area contributed by atoms with Gasteiger partial charge in [-0.3, -0.25) is 9.59 Å². The van der Waals surface area contributed by atoms with Gasteiger partial charge >= 0.3 is 5.97 Å². The topological polar surface area (TPSA) is 101 Å². The minimum Gasteiger partial charge on any atom is -0.481 e. The van der Waals surface area contributed by atoms with E-state index in [9.17, 15) is 23.1 Å². The first-order valence-corrected chi connectivity index (χ1v) is 14.4. The Hall–Kier alpha value is -1.65. The molecule has 4 atom stereocenters. The molecule has 1 aromatic carbocycles. The van der Waals surface area contributed by atoms with Gasteiger partial charge < -0.3 is 14.7 Å². The zero-order valence-electron chi connectivity index (χ0n) is 19.9. The van der Waals surface area contributed by atoms with Crippen LogP contribution in [0.1, 0.15) is 63.1 Å². The van der Waals surface area contributed by atoms with Crippen molar-refractivity contribution in [2.45, 2.75) is 69.6 Å². The summed E-state index contributed by atoms with van der Waals surface area (Å²) < 4.78 is 32.0. The van der Waals surface area contributed by atoms with E-state index in [0.717, 1.165) is 0 Å². The number of carbonyl (C=O) groups is 2. The van der Waals surface area contributed by atoms with Crippen molar-refractivity contribution in [3.05, 3.63) is 56.2 Å². The number of nitrogens with zero attached hydrogens (tertiary/aromatic N) is 1. The molecule has 1 N–H and O–H groups in total. The van der Waals surface area contributed by atoms with Crippen LogP contribution >= 0.6 is 34.5 Å². The Balaban J connectivity index is 2.19. The van der Waals surface area contributed by atoms with E-state index in [-0.39, 0.29) is 5.75 Å². The third kappa shape index (κ3) is 6.20. The second kappa shape index (κ2) is 10.8. The standard InChI is InChI=1S/C24H29Cl2NO6S2/c1-5-16(13-35(31,32)24(2,3)4)27-21(18-9-10-19(26)34-18)22(14-7-6-8-15(25)11-14)33-17(23(27)30)12-20(28)29/h6-11,16-17,21-22H,5,12-13H2,1-4H3,(H,28,29)/t16-,17?,21+,22+/m0/s1. The minimum atomic E-state index is -3.61. The summed E-state index contributed by atoms with van der Waals surface area (Å²) in [5, 5.41) is 9.92. The monoisotopic (exact) mass is 561 g/mol. The Labute approximate surface area is 219 Å². The van der Waals surface area contributed by atoms with Gasteiger partial charge in [-0.05, 0) is 57.0 Å². The molecule has 1 aliphatic heterocycles. The number of aliphatic carboxylic acids is 1. The number of rotatable bonds is 8. The number of hydrogen-bond acceptors (Lipinski definition) is 6. The van der Waals surface area contributed by atoms with Crippen LogP contribution in [-0.4, -0.2) is 52.9 Å². The summed E-state index contributed by atoms with van der Waals surface area (Å²) in [6.07, 6.45) is -2.27. The largest absolute Gasteiger partial charge is 0.481 e. The number of thiophene rings is 1. The lowest BCUT2D eigenvalue weighted by atomic mass is 9.93. The third-order valence-electron chi connectivity index (χ3n) is 6.06. The number of carboxylic acids is 1. The Morgan fingerprint density at radius 1 is 1.23 bits per heavy atom. The molecular weight excluding hydrogens is 533 g/mol. The van der Waals surface area contributed by atoms with Crippen LogP contribution < -0.4 is 0 Å². The number of benzene rings is 1. The molecule has 2 heterocycles. The van der Waals surface area contributed by atoms with Gasteiger partial charge in [0.05, 0.1) is 27.3 Å². The number of carboxylic acid groups (broad SMARTS) is 1. The molecule has 11 heteroatoms. The van der Waals surface area contributed by atoms with Gasteiger partial charge in [0, 0.05) is 15.9 Å². The molecule has 0 saturated carbocycles. The summed E-state index contributed by atoms with van der Waals surface area (Å²) in [4.78, 5) is 27.5. The van der Waals surface area contributed by atoms with Gasteiger partial charge in [0.1, 0.15) is 12.2 Å². The van der Waals surface area contributed by atoms with Crippen LogP contribution in [0.2, 0.25) is 9.36 Å². The molecule has 1 fully saturated rings. The predicted octanol–water partition coefficient (Wildman–Crippen LogP) is 5.53. The number of morpholine rings is 1. The molecule has 3 rings (SSSR count). The van der Waals surface area contributed by atoms with E-state index in [2.05, 4.69) is 0 Å². The van der Waals surface area contributed by atoms with Gasteiger partial charge in [0.25, 0.3) is 5.91 Å². The highest BCUT2D eigenvalue weighted by molar-refractivity contribution is 7.92. The van der Waals surface area contributed by atoms with Crippen LogP contribution in [0, 0.1) is 0 Å². The van der Waals surface area contributed by atoms with Crippen molar-refractivity contribution in [3.63, 3.8) is 0 Å². The molecule has 1 unspecified atom stereocenters. The molecule has 2 aromatic rings. The minimum absolute atomic E-state index is 0.267. The maximum Gasteiger partial charge on any atom is 0.306 e. The van der Waals surface area contributed by atoms with Gasteiger partial charge in [0.15, 0.2) is 9.84 Å². The first-order chi connectivity index (χ1) is 16.2. The molecule has 1 saturated heterocycles. The van der Waals surface area contributed by atoms with E-state index < -0.39 is 57.2 Å². The molecule has 0 aliphatic carbocycles. The maximum atomic E-state index is 13.7. The van der Waals surface area contributed by atoms with Crippen LogP contribution in [0.15, 0.2) is 36.4 Å². The lowest BCUT2D eigenvalue weighted by molar-refractivity contribution is -0.182. The molecule has 1 aliphatic rings. The molecule has 192 valence electrons. The number of halogens is 2. The van der Waals surface area contributed by atoms with Crippen LogP contribution in [0.5, 0.6) is 0 Å². The lowest BCUT2D eigenvalue weighted by Crippen LogP contribution is -2.57. The van der Waals surface area contributed by atoms with E-state index >= 15 is 0 Å². The van der Waals surface area contributed by atoms with E-state index in [1.807, 2.05) is 6.92 Å². The molecule has 7 nitrogen and oxygen atoms in total. The zero-order valence-corrected chi connectivity index (χ0v) is 23.0. The zero-order chi connectivity index (χ0) is 26.1. The molecule has 1 aromatic heterocycles. The number of carbonyl (C=O) groups excluding carboxylic acids is 1. The van der Waals surface area contributed by atoms with Crippen molar-refractivity contribution < 1.29 is 27.9 Å². The summed E-state index contributed by atoms with van der Waals surface area (Å²) in [6.45, 7) is 6.67. The fraction of sp³-hybridized carbons (Fsp3) is 0.500. The predicted molar refractivity (Wildman–Crippen MR) is 138 cm³/mol. The van der Waals surface area contributed by atoms with Gasteiger partial charge in [-0.1, -0.05) is 42.3 Å². The van der Waals surface area contributed by atoms with Crippen LogP contribution in [0.3, 0.4) is 0 Å². The Kier molecular flexibility index (Phi) is 8.59. The Morgan fingerprint density at radius 3 is 2.43 bits per heavy atom. The second-order valence-corrected chi connectivity index (χ2v) is 14.5. The quantitative estimate of drug-likeness (QED) is 0.454.